The van der Waals surface area contributed by atoms with E-state index < -0.39 is 23.5 Å². The number of rotatable bonds is 10. The number of nitrogens with zero attached hydrogens (tertiary/aromatic N) is 2. The third-order valence-corrected chi connectivity index (χ3v) is 5.94. The molecule has 0 saturated carbocycles. The van der Waals surface area contributed by atoms with Gasteiger partial charge in [0, 0.05) is 26.2 Å². The summed E-state index contributed by atoms with van der Waals surface area (Å²) >= 11 is 0. The fourth-order valence-electron chi connectivity index (χ4n) is 4.26. The minimum atomic E-state index is -0.694. The van der Waals surface area contributed by atoms with Crippen LogP contribution >= 0.6 is 0 Å². The van der Waals surface area contributed by atoms with Crippen LogP contribution in [0.2, 0.25) is 0 Å². The molecule has 1 saturated heterocycles. The molecule has 1 aromatic heterocycles. The highest BCUT2D eigenvalue weighted by Crippen LogP contribution is 2.39. The molecule has 176 valence electrons. The van der Waals surface area contributed by atoms with Crippen molar-refractivity contribution in [3.05, 3.63) is 65.3 Å². The van der Waals surface area contributed by atoms with Crippen molar-refractivity contribution in [3.63, 3.8) is 0 Å². The molecule has 0 spiro atoms. The second-order valence-electron chi connectivity index (χ2n) is 8.19. The third kappa shape index (κ3) is 5.12. The molecule has 8 heteroatoms. The summed E-state index contributed by atoms with van der Waals surface area (Å²) in [5, 5.41) is 10.7. The number of carbonyl (C=O) groups is 2. The molecule has 1 atom stereocenters. The van der Waals surface area contributed by atoms with Gasteiger partial charge in [-0.25, -0.2) is 0 Å². The number of hydrogen-bond donors (Lipinski definition) is 1. The molecule has 2 aliphatic heterocycles. The number of furan rings is 1. The van der Waals surface area contributed by atoms with Crippen molar-refractivity contribution in [3.8, 4) is 5.75 Å². The van der Waals surface area contributed by atoms with Crippen LogP contribution in [-0.4, -0.2) is 72.6 Å². The van der Waals surface area contributed by atoms with E-state index >= 15 is 0 Å². The van der Waals surface area contributed by atoms with E-state index in [1.165, 1.54) is 12.3 Å². The highest BCUT2D eigenvalue weighted by atomic mass is 16.5. The van der Waals surface area contributed by atoms with Crippen molar-refractivity contribution >= 4 is 11.7 Å². The lowest BCUT2D eigenvalue weighted by atomic mass is 9.95. The van der Waals surface area contributed by atoms with Gasteiger partial charge >= 0.3 is 0 Å². The maximum absolute atomic E-state index is 13.2. The number of ketones is 1. The monoisotopic (exact) mass is 454 g/mol. The molecule has 3 heterocycles. The van der Waals surface area contributed by atoms with Gasteiger partial charge in [-0.15, -0.1) is 0 Å². The van der Waals surface area contributed by atoms with Crippen molar-refractivity contribution in [2.45, 2.75) is 25.8 Å². The van der Waals surface area contributed by atoms with Crippen LogP contribution in [0.4, 0.5) is 0 Å². The Morgan fingerprint density at radius 2 is 1.91 bits per heavy atom. The molecule has 1 N–H and O–H groups in total. The topological polar surface area (TPSA) is 92.5 Å². The molecule has 1 aromatic carbocycles. The van der Waals surface area contributed by atoms with Gasteiger partial charge in [-0.05, 0) is 42.7 Å². The van der Waals surface area contributed by atoms with E-state index in [4.69, 9.17) is 13.9 Å². The number of carbonyl (C=O) groups excluding carboxylic acids is 2. The lowest BCUT2D eigenvalue weighted by Crippen LogP contribution is -2.39. The Morgan fingerprint density at radius 1 is 1.15 bits per heavy atom. The van der Waals surface area contributed by atoms with E-state index in [9.17, 15) is 14.7 Å². The Bertz CT molecular complexity index is 977. The molecule has 0 radical (unpaired) electrons. The largest absolute Gasteiger partial charge is 0.503 e. The maximum atomic E-state index is 13.2. The van der Waals surface area contributed by atoms with Gasteiger partial charge in [0.1, 0.15) is 5.75 Å². The summed E-state index contributed by atoms with van der Waals surface area (Å²) in [6, 6.07) is 9.78. The van der Waals surface area contributed by atoms with Gasteiger partial charge in [-0.1, -0.05) is 19.1 Å². The van der Waals surface area contributed by atoms with Gasteiger partial charge in [0.15, 0.2) is 11.5 Å². The molecule has 8 nitrogen and oxygen atoms in total. The second-order valence-corrected chi connectivity index (χ2v) is 8.19. The Labute approximate surface area is 193 Å². The van der Waals surface area contributed by atoms with E-state index in [0.717, 1.165) is 43.8 Å². The van der Waals surface area contributed by atoms with E-state index in [1.807, 2.05) is 31.2 Å². The molecule has 0 aliphatic carbocycles. The first-order valence-electron chi connectivity index (χ1n) is 11.4. The summed E-state index contributed by atoms with van der Waals surface area (Å²) in [7, 11) is 0. The first kappa shape index (κ1) is 23.1. The lowest BCUT2D eigenvalue weighted by molar-refractivity contribution is -0.129. The normalized spacial score (nSPS) is 19.4. The molecule has 0 bridgehead atoms. The number of morpholine rings is 1. The summed E-state index contributed by atoms with van der Waals surface area (Å²) in [5.41, 5.74) is 0.779. The summed E-state index contributed by atoms with van der Waals surface area (Å²) in [5.74, 6) is -0.733. The summed E-state index contributed by atoms with van der Waals surface area (Å²) < 4.78 is 16.3. The highest BCUT2D eigenvalue weighted by Gasteiger charge is 2.44. The predicted octanol–water partition coefficient (Wildman–Crippen LogP) is 3.37. The molecule has 2 aliphatic rings. The molecule has 0 unspecified atom stereocenters. The van der Waals surface area contributed by atoms with Gasteiger partial charge in [-0.2, -0.15) is 0 Å². The maximum Gasteiger partial charge on any atom is 0.290 e. The van der Waals surface area contributed by atoms with Crippen LogP contribution < -0.4 is 4.74 Å². The Hall–Kier alpha value is -3.10. The number of ether oxygens (including phenoxy) is 2. The minimum absolute atomic E-state index is 0.0450. The van der Waals surface area contributed by atoms with Gasteiger partial charge < -0.3 is 23.9 Å². The fraction of sp³-hybridized carbons (Fsp3) is 0.440. The molecular formula is C25H30N2O6. The van der Waals surface area contributed by atoms with E-state index in [0.29, 0.717) is 26.4 Å². The van der Waals surface area contributed by atoms with Crippen LogP contribution in [-0.2, 0) is 9.53 Å². The van der Waals surface area contributed by atoms with Crippen molar-refractivity contribution in [2.24, 2.45) is 0 Å². The quantitative estimate of drug-likeness (QED) is 0.550. The zero-order chi connectivity index (χ0) is 23.2. The number of amides is 1. The van der Waals surface area contributed by atoms with Crippen LogP contribution in [0.1, 0.15) is 41.9 Å². The average molecular weight is 455 g/mol. The molecular weight excluding hydrogens is 424 g/mol. The number of benzene rings is 1. The Morgan fingerprint density at radius 3 is 2.58 bits per heavy atom. The zero-order valence-corrected chi connectivity index (χ0v) is 18.9. The molecule has 1 fully saturated rings. The summed E-state index contributed by atoms with van der Waals surface area (Å²) in [6.45, 7) is 7.01. The minimum Gasteiger partial charge on any atom is -0.503 e. The summed E-state index contributed by atoms with van der Waals surface area (Å²) in [4.78, 5) is 30.1. The first-order valence-corrected chi connectivity index (χ1v) is 11.4. The first-order chi connectivity index (χ1) is 16.1. The van der Waals surface area contributed by atoms with Gasteiger partial charge in [0.05, 0.1) is 37.7 Å². The smallest absolute Gasteiger partial charge is 0.290 e. The van der Waals surface area contributed by atoms with E-state index in [1.54, 1.807) is 11.0 Å². The van der Waals surface area contributed by atoms with Crippen molar-refractivity contribution in [1.82, 2.24) is 9.80 Å². The van der Waals surface area contributed by atoms with Gasteiger partial charge in [-0.3, -0.25) is 14.5 Å². The lowest BCUT2D eigenvalue weighted by Gasteiger charge is -2.30. The van der Waals surface area contributed by atoms with Gasteiger partial charge in [0.25, 0.3) is 5.91 Å². The van der Waals surface area contributed by atoms with Crippen molar-refractivity contribution in [2.75, 3.05) is 46.0 Å². The zero-order valence-electron chi connectivity index (χ0n) is 18.9. The van der Waals surface area contributed by atoms with Crippen molar-refractivity contribution < 1.29 is 28.6 Å². The van der Waals surface area contributed by atoms with E-state index in [2.05, 4.69) is 4.90 Å². The molecule has 1 amide bonds. The predicted molar refractivity (Wildman–Crippen MR) is 121 cm³/mol. The van der Waals surface area contributed by atoms with Crippen LogP contribution in [0.5, 0.6) is 5.75 Å². The average Bonchev–Trinajstić information content (AvgIpc) is 3.47. The highest BCUT2D eigenvalue weighted by molar-refractivity contribution is 6.15. The van der Waals surface area contributed by atoms with Crippen LogP contribution in [0.15, 0.2) is 58.4 Å². The SMILES string of the molecule is CCCOc1ccc([C@H]2C(C(=O)c3ccco3)=C(O)C(=O)N2CCCN2CCOCC2)cc1. The standard InChI is InChI=1S/C25H30N2O6/c1-2-14-32-19-8-6-18(7-9-19)22-21(23(28)20-5-3-15-33-20)24(29)25(30)27(22)11-4-10-26-12-16-31-17-13-26/h3,5-9,15,22,29H,2,4,10-14,16-17H2,1H3/t22-/m0/s1. The molecule has 4 rings (SSSR count). The summed E-state index contributed by atoms with van der Waals surface area (Å²) in [6.07, 6.45) is 3.01. The molecule has 33 heavy (non-hydrogen) atoms. The Kier molecular flexibility index (Phi) is 7.47. The molecule has 2 aromatic rings. The van der Waals surface area contributed by atoms with Crippen LogP contribution in [0, 0.1) is 0 Å². The third-order valence-electron chi connectivity index (χ3n) is 5.94. The van der Waals surface area contributed by atoms with Crippen LogP contribution in [0.25, 0.3) is 0 Å². The van der Waals surface area contributed by atoms with Gasteiger partial charge in [0.2, 0.25) is 5.78 Å². The number of aliphatic hydroxyl groups is 1. The van der Waals surface area contributed by atoms with Crippen molar-refractivity contribution in [1.29, 1.82) is 0 Å². The second kappa shape index (κ2) is 10.7. The Balaban J connectivity index is 1.58. The number of hydrogen-bond acceptors (Lipinski definition) is 7. The van der Waals surface area contributed by atoms with Crippen LogP contribution in [0.3, 0.4) is 0 Å². The fourth-order valence-corrected chi connectivity index (χ4v) is 4.26. The number of Topliss-reactive ketones (excluding diaryl/α,β-unsaturated/α-hetero) is 1. The number of aliphatic hydroxyl groups excluding tert-OH is 1. The van der Waals surface area contributed by atoms with E-state index in [-0.39, 0.29) is 11.3 Å².